The van der Waals surface area contributed by atoms with Crippen molar-refractivity contribution in [3.05, 3.63) is 52.0 Å². The van der Waals surface area contributed by atoms with Gasteiger partial charge in [-0.05, 0) is 31.2 Å². The molecule has 3 aromatic rings. The Kier molecular flexibility index (Phi) is 5.04. The number of hydrogen-bond acceptors (Lipinski definition) is 7. The number of thiophene rings is 1. The number of rotatable bonds is 6. The number of benzene rings is 1. The van der Waals surface area contributed by atoms with Crippen LogP contribution in [0, 0.1) is 6.92 Å². The van der Waals surface area contributed by atoms with Gasteiger partial charge in [-0.1, -0.05) is 12.1 Å². The molecule has 6 nitrogen and oxygen atoms in total. The number of fused-ring (bicyclic) bond motifs is 1. The molecule has 0 aliphatic rings. The van der Waals surface area contributed by atoms with Crippen molar-refractivity contribution < 1.29 is 14.3 Å². The van der Waals surface area contributed by atoms with E-state index in [1.54, 1.807) is 6.07 Å². The summed E-state index contributed by atoms with van der Waals surface area (Å²) in [6.07, 6.45) is 0.151. The summed E-state index contributed by atoms with van der Waals surface area (Å²) in [7, 11) is 0. The molecule has 0 unspecified atom stereocenters. The van der Waals surface area contributed by atoms with E-state index in [1.807, 2.05) is 37.3 Å². The van der Waals surface area contributed by atoms with Gasteiger partial charge in [-0.2, -0.15) is 0 Å². The van der Waals surface area contributed by atoms with Gasteiger partial charge in [-0.15, -0.1) is 11.3 Å². The maximum absolute atomic E-state index is 12.0. The zero-order chi connectivity index (χ0) is 17.8. The van der Waals surface area contributed by atoms with E-state index >= 15 is 0 Å². The SMILES string of the molecule is Cc1ccc(C(=O)CCC(=O)OCc2nc(N)c3ccccc3n2)s1. The van der Waals surface area contributed by atoms with Crippen molar-refractivity contribution in [2.24, 2.45) is 0 Å². The highest BCUT2D eigenvalue weighted by Crippen LogP contribution is 2.19. The molecule has 2 heterocycles. The van der Waals surface area contributed by atoms with Gasteiger partial charge in [0.05, 0.1) is 16.8 Å². The first-order chi connectivity index (χ1) is 12.0. The monoisotopic (exact) mass is 355 g/mol. The minimum absolute atomic E-state index is 0.0266. The number of nitrogen functional groups attached to an aromatic ring is 1. The fraction of sp³-hybridized carbons (Fsp3) is 0.222. The Hall–Kier alpha value is -2.80. The van der Waals surface area contributed by atoms with Gasteiger partial charge in [0, 0.05) is 16.7 Å². The summed E-state index contributed by atoms with van der Waals surface area (Å²) in [6, 6.07) is 11.0. The van der Waals surface area contributed by atoms with Gasteiger partial charge in [0.1, 0.15) is 5.82 Å². The molecule has 0 spiro atoms. The summed E-state index contributed by atoms with van der Waals surface area (Å²) in [5.41, 5.74) is 6.59. The van der Waals surface area contributed by atoms with Crippen molar-refractivity contribution in [3.63, 3.8) is 0 Å². The number of nitrogens with two attached hydrogens (primary N) is 1. The van der Waals surface area contributed by atoms with E-state index in [1.165, 1.54) is 11.3 Å². The van der Waals surface area contributed by atoms with Crippen LogP contribution in [-0.4, -0.2) is 21.7 Å². The molecular formula is C18H17N3O3S. The van der Waals surface area contributed by atoms with Crippen LogP contribution in [-0.2, 0) is 16.1 Å². The molecule has 3 rings (SSSR count). The molecule has 0 fully saturated rings. The predicted molar refractivity (Wildman–Crippen MR) is 96.4 cm³/mol. The molecule has 0 radical (unpaired) electrons. The second-order valence-corrected chi connectivity index (χ2v) is 6.82. The molecule has 0 amide bonds. The lowest BCUT2D eigenvalue weighted by Gasteiger charge is -2.06. The molecule has 0 saturated heterocycles. The summed E-state index contributed by atoms with van der Waals surface area (Å²) in [5.74, 6) is 0.169. The number of ether oxygens (including phenoxy) is 1. The maximum Gasteiger partial charge on any atom is 0.306 e. The fourth-order valence-electron chi connectivity index (χ4n) is 2.36. The third-order valence-electron chi connectivity index (χ3n) is 3.61. The van der Waals surface area contributed by atoms with Crippen LogP contribution in [0.1, 0.15) is 33.2 Å². The van der Waals surface area contributed by atoms with Gasteiger partial charge >= 0.3 is 5.97 Å². The zero-order valence-corrected chi connectivity index (χ0v) is 14.5. The van der Waals surface area contributed by atoms with Crippen LogP contribution in [0.5, 0.6) is 0 Å². The average molecular weight is 355 g/mol. The van der Waals surface area contributed by atoms with Crippen molar-refractivity contribution >= 4 is 39.8 Å². The first-order valence-electron chi connectivity index (χ1n) is 7.79. The van der Waals surface area contributed by atoms with E-state index in [4.69, 9.17) is 10.5 Å². The number of aryl methyl sites for hydroxylation is 1. The van der Waals surface area contributed by atoms with Gasteiger partial charge in [0.2, 0.25) is 0 Å². The second kappa shape index (κ2) is 7.40. The van der Waals surface area contributed by atoms with Crippen molar-refractivity contribution in [1.82, 2.24) is 9.97 Å². The van der Waals surface area contributed by atoms with Gasteiger partial charge in [0.15, 0.2) is 18.2 Å². The van der Waals surface area contributed by atoms with Crippen molar-refractivity contribution in [2.45, 2.75) is 26.4 Å². The Bertz CT molecular complexity index is 936. The Morgan fingerprint density at radius 1 is 1.12 bits per heavy atom. The lowest BCUT2D eigenvalue weighted by atomic mass is 10.2. The van der Waals surface area contributed by atoms with Crippen molar-refractivity contribution in [1.29, 1.82) is 0 Å². The third kappa shape index (κ3) is 4.19. The van der Waals surface area contributed by atoms with Gasteiger partial charge < -0.3 is 10.5 Å². The van der Waals surface area contributed by atoms with Crippen LogP contribution in [0.25, 0.3) is 10.9 Å². The van der Waals surface area contributed by atoms with Crippen molar-refractivity contribution in [2.75, 3.05) is 5.73 Å². The van der Waals surface area contributed by atoms with Gasteiger partial charge in [-0.25, -0.2) is 9.97 Å². The molecule has 0 bridgehead atoms. The number of anilines is 1. The predicted octanol–water partition coefficient (Wildman–Crippen LogP) is 3.29. The number of Topliss-reactive ketones (excluding diaryl/α,β-unsaturated/α-hetero) is 1. The first-order valence-corrected chi connectivity index (χ1v) is 8.61. The Balaban J connectivity index is 1.54. The number of carbonyl (C=O) groups excluding carboxylic acids is 2. The topological polar surface area (TPSA) is 95.2 Å². The Labute approximate surface area is 148 Å². The summed E-state index contributed by atoms with van der Waals surface area (Å²) in [5, 5.41) is 0.759. The van der Waals surface area contributed by atoms with E-state index in [-0.39, 0.29) is 25.2 Å². The Morgan fingerprint density at radius 3 is 2.68 bits per heavy atom. The van der Waals surface area contributed by atoms with Gasteiger partial charge in [0.25, 0.3) is 0 Å². The maximum atomic E-state index is 12.0. The number of nitrogens with zero attached hydrogens (tertiary/aromatic N) is 2. The van der Waals surface area contributed by atoms with Crippen LogP contribution in [0.2, 0.25) is 0 Å². The molecule has 1 aromatic carbocycles. The highest BCUT2D eigenvalue weighted by Gasteiger charge is 2.13. The number of para-hydroxylation sites is 1. The number of aromatic nitrogens is 2. The molecule has 0 atom stereocenters. The molecule has 25 heavy (non-hydrogen) atoms. The molecular weight excluding hydrogens is 338 g/mol. The minimum atomic E-state index is -0.461. The second-order valence-electron chi connectivity index (χ2n) is 5.54. The summed E-state index contributed by atoms with van der Waals surface area (Å²) in [6.45, 7) is 1.87. The molecule has 0 saturated carbocycles. The average Bonchev–Trinajstić information content (AvgIpc) is 3.04. The smallest absolute Gasteiger partial charge is 0.306 e. The fourth-order valence-corrected chi connectivity index (χ4v) is 3.19. The highest BCUT2D eigenvalue weighted by molar-refractivity contribution is 7.14. The normalized spacial score (nSPS) is 10.8. The molecule has 0 aliphatic heterocycles. The third-order valence-corrected chi connectivity index (χ3v) is 4.65. The molecule has 128 valence electrons. The zero-order valence-electron chi connectivity index (χ0n) is 13.7. The van der Waals surface area contributed by atoms with Crippen LogP contribution in [0.4, 0.5) is 5.82 Å². The Morgan fingerprint density at radius 2 is 1.92 bits per heavy atom. The van der Waals surface area contributed by atoms with Crippen LogP contribution >= 0.6 is 11.3 Å². The summed E-state index contributed by atoms with van der Waals surface area (Å²) >= 11 is 1.42. The summed E-state index contributed by atoms with van der Waals surface area (Å²) < 4.78 is 5.16. The van der Waals surface area contributed by atoms with E-state index in [9.17, 15) is 9.59 Å². The van der Waals surface area contributed by atoms with Gasteiger partial charge in [-0.3, -0.25) is 9.59 Å². The molecule has 2 N–H and O–H groups in total. The largest absolute Gasteiger partial charge is 0.457 e. The number of carbonyl (C=O) groups is 2. The van der Waals surface area contributed by atoms with E-state index in [0.717, 1.165) is 10.3 Å². The quantitative estimate of drug-likeness (QED) is 0.538. The lowest BCUT2D eigenvalue weighted by Crippen LogP contribution is -2.10. The minimum Gasteiger partial charge on any atom is -0.457 e. The van der Waals surface area contributed by atoms with Crippen molar-refractivity contribution in [3.8, 4) is 0 Å². The van der Waals surface area contributed by atoms with Crippen LogP contribution < -0.4 is 5.73 Å². The molecule has 7 heteroatoms. The van der Waals surface area contributed by atoms with E-state index in [0.29, 0.717) is 22.0 Å². The molecule has 0 aliphatic carbocycles. The number of ketones is 1. The highest BCUT2D eigenvalue weighted by atomic mass is 32.1. The number of esters is 1. The lowest BCUT2D eigenvalue weighted by molar-refractivity contribution is -0.145. The van der Waals surface area contributed by atoms with E-state index in [2.05, 4.69) is 9.97 Å². The first kappa shape index (κ1) is 17.0. The van der Waals surface area contributed by atoms with Crippen LogP contribution in [0.15, 0.2) is 36.4 Å². The van der Waals surface area contributed by atoms with Crippen LogP contribution in [0.3, 0.4) is 0 Å². The summed E-state index contributed by atoms with van der Waals surface area (Å²) in [4.78, 5) is 34.0. The van der Waals surface area contributed by atoms with E-state index < -0.39 is 5.97 Å². The molecule has 2 aromatic heterocycles. The number of hydrogen-bond donors (Lipinski definition) is 1. The standard InChI is InChI=1S/C18H17N3O3S/c1-11-6-8-15(25-11)14(22)7-9-17(23)24-10-16-20-13-5-3-2-4-12(13)18(19)21-16/h2-6,8H,7,9-10H2,1H3,(H2,19,20,21).